The van der Waals surface area contributed by atoms with E-state index in [-0.39, 0.29) is 6.04 Å². The Balaban J connectivity index is 0.000000403. The van der Waals surface area contributed by atoms with Gasteiger partial charge >= 0.3 is 0 Å². The zero-order chi connectivity index (χ0) is 38.7. The van der Waals surface area contributed by atoms with Crippen LogP contribution in [0.15, 0.2) is 111 Å². The Morgan fingerprint density at radius 1 is 0.691 bits per heavy atom. The highest BCUT2D eigenvalue weighted by Crippen LogP contribution is 2.55. The minimum Gasteiger partial charge on any atom is -0.341 e. The van der Waals surface area contributed by atoms with Gasteiger partial charge in [-0.05, 0) is 94.0 Å². The Morgan fingerprint density at radius 3 is 1.87 bits per heavy atom. The molecule has 0 aromatic heterocycles. The maximum Gasteiger partial charge on any atom is 0.0885 e. The van der Waals surface area contributed by atoms with E-state index >= 15 is 0 Å². The van der Waals surface area contributed by atoms with Crippen molar-refractivity contribution >= 4 is 63.9 Å². The van der Waals surface area contributed by atoms with Gasteiger partial charge in [0, 0.05) is 107 Å². The van der Waals surface area contributed by atoms with E-state index in [9.17, 15) is 0 Å². The van der Waals surface area contributed by atoms with Gasteiger partial charge in [-0.3, -0.25) is 0 Å². The molecule has 7 rings (SSSR count). The SMILES string of the molecule is C=CC1=C(C=C)N(C2c3ccccc3N(CCCN3CCN(C)CC3)c3cc(SCC)ccc32)c2cc(SCC)ccc2S1.CN1CCN(CCCCl)CC1. The van der Waals surface area contributed by atoms with Crippen molar-refractivity contribution in [1.82, 2.24) is 19.6 Å². The third-order valence-electron chi connectivity index (χ3n) is 10.9. The van der Waals surface area contributed by atoms with Crippen LogP contribution in [0, 0.1) is 0 Å². The van der Waals surface area contributed by atoms with E-state index in [1.54, 1.807) is 11.8 Å². The summed E-state index contributed by atoms with van der Waals surface area (Å²) < 4.78 is 0. The third-order valence-corrected chi connectivity index (χ3v) is 14.1. The summed E-state index contributed by atoms with van der Waals surface area (Å²) in [6, 6.07) is 23.2. The number of thioether (sulfide) groups is 3. The first-order chi connectivity index (χ1) is 26.9. The summed E-state index contributed by atoms with van der Waals surface area (Å²) in [5.74, 6) is 2.90. The van der Waals surface area contributed by atoms with Crippen molar-refractivity contribution in [3.63, 3.8) is 0 Å². The highest BCUT2D eigenvalue weighted by atomic mass is 35.5. The summed E-state index contributed by atoms with van der Waals surface area (Å²) in [5, 5.41) is 0. The number of nitrogens with zero attached hydrogens (tertiary/aromatic N) is 6. The van der Waals surface area contributed by atoms with Crippen molar-refractivity contribution in [3.8, 4) is 0 Å². The lowest BCUT2D eigenvalue weighted by atomic mass is 9.88. The van der Waals surface area contributed by atoms with Crippen LogP contribution in [0.3, 0.4) is 0 Å². The van der Waals surface area contributed by atoms with Crippen molar-refractivity contribution in [2.24, 2.45) is 0 Å². The molecule has 0 saturated carbocycles. The van der Waals surface area contributed by atoms with E-state index in [4.69, 9.17) is 11.6 Å². The maximum absolute atomic E-state index is 5.61. The Morgan fingerprint density at radius 2 is 1.27 bits per heavy atom. The molecule has 296 valence electrons. The number of piperazine rings is 2. The van der Waals surface area contributed by atoms with Crippen LogP contribution in [0.5, 0.6) is 0 Å². The van der Waals surface area contributed by atoms with Gasteiger partial charge in [-0.15, -0.1) is 35.1 Å². The van der Waals surface area contributed by atoms with Crippen LogP contribution in [0.4, 0.5) is 17.1 Å². The van der Waals surface area contributed by atoms with Crippen LogP contribution in [0.2, 0.25) is 0 Å². The van der Waals surface area contributed by atoms with Crippen molar-refractivity contribution in [2.75, 3.05) is 113 Å². The molecule has 4 aliphatic heterocycles. The van der Waals surface area contributed by atoms with E-state index in [1.807, 2.05) is 35.7 Å². The molecule has 0 radical (unpaired) electrons. The number of benzene rings is 3. The fourth-order valence-electron chi connectivity index (χ4n) is 7.98. The highest BCUT2D eigenvalue weighted by molar-refractivity contribution is 8.03. The number of rotatable bonds is 14. The van der Waals surface area contributed by atoms with Gasteiger partial charge < -0.3 is 29.4 Å². The molecule has 1 unspecified atom stereocenters. The monoisotopic (exact) mass is 816 g/mol. The second-order valence-electron chi connectivity index (χ2n) is 14.6. The summed E-state index contributed by atoms with van der Waals surface area (Å²) in [4.78, 5) is 20.1. The number of alkyl halides is 1. The first-order valence-corrected chi connectivity index (χ1v) is 23.4. The van der Waals surface area contributed by atoms with Gasteiger partial charge in [-0.25, -0.2) is 0 Å². The largest absolute Gasteiger partial charge is 0.341 e. The summed E-state index contributed by atoms with van der Waals surface area (Å²) in [6.07, 6.45) is 6.28. The fraction of sp³-hybridized carbons (Fsp3) is 0.467. The van der Waals surface area contributed by atoms with Crippen LogP contribution in [-0.2, 0) is 0 Å². The van der Waals surface area contributed by atoms with Gasteiger partial charge in [0.15, 0.2) is 0 Å². The molecular weight excluding hydrogens is 756 g/mol. The molecule has 4 heterocycles. The predicted octanol–water partition coefficient (Wildman–Crippen LogP) is 10.1. The molecule has 0 amide bonds. The van der Waals surface area contributed by atoms with E-state index < -0.39 is 0 Å². The van der Waals surface area contributed by atoms with Gasteiger partial charge in [-0.2, -0.15) is 0 Å². The number of anilines is 3. The molecule has 10 heteroatoms. The van der Waals surface area contributed by atoms with Crippen LogP contribution < -0.4 is 9.80 Å². The first-order valence-electron chi connectivity index (χ1n) is 20.1. The second-order valence-corrected chi connectivity index (χ2v) is 18.8. The summed E-state index contributed by atoms with van der Waals surface area (Å²) in [6.45, 7) is 25.8. The Labute approximate surface area is 350 Å². The lowest BCUT2D eigenvalue weighted by Gasteiger charge is -2.45. The van der Waals surface area contributed by atoms with Gasteiger partial charge in [0.05, 0.1) is 17.4 Å². The minimum atomic E-state index is 0.0141. The molecule has 2 saturated heterocycles. The number of hydrogen-bond acceptors (Lipinski definition) is 9. The lowest BCUT2D eigenvalue weighted by Crippen LogP contribution is -2.45. The van der Waals surface area contributed by atoms with E-state index in [0.717, 1.165) is 80.1 Å². The summed E-state index contributed by atoms with van der Waals surface area (Å²) in [5.41, 5.74) is 7.69. The molecule has 55 heavy (non-hydrogen) atoms. The number of likely N-dealkylation sites (N-methyl/N-ethyl adjacent to an activating group) is 2. The quantitative estimate of drug-likeness (QED) is 0.116. The lowest BCUT2D eigenvalue weighted by molar-refractivity contribution is 0.153. The molecule has 3 aromatic rings. The zero-order valence-electron chi connectivity index (χ0n) is 33.5. The first kappa shape index (κ1) is 42.3. The topological polar surface area (TPSA) is 19.4 Å². The Bertz CT molecular complexity index is 1760. The number of fused-ring (bicyclic) bond motifs is 3. The second kappa shape index (κ2) is 20.9. The summed E-state index contributed by atoms with van der Waals surface area (Å²) >= 11 is 11.2. The molecule has 2 fully saturated rings. The standard InChI is InChI=1S/C37H44N4S3.C8H17ClN2/c1-6-31-35(7-2)44-36-18-16-28(43-9-4)26-34(36)41(31)37-29-13-10-11-14-32(29)40(20-12-19-39-23-21-38(5)22-24-39)33-25-27(42-8-3)15-17-30(33)37;1-10-5-7-11(8-6-10)4-2-3-9/h6-7,10-11,13-18,25-26,37H,1-2,8-9,12,19-24H2,3-5H3;2-8H2,1H3. The molecule has 0 bridgehead atoms. The molecular formula is C45H61ClN6S3. The van der Waals surface area contributed by atoms with E-state index in [1.165, 1.54) is 75.6 Å². The van der Waals surface area contributed by atoms with Crippen LogP contribution in [-0.4, -0.2) is 123 Å². The molecule has 3 aromatic carbocycles. The van der Waals surface area contributed by atoms with E-state index in [0.29, 0.717) is 0 Å². The van der Waals surface area contributed by atoms with E-state index in [2.05, 4.69) is 131 Å². The molecule has 0 spiro atoms. The maximum atomic E-state index is 5.61. The Kier molecular flexibility index (Phi) is 16.1. The number of allylic oxidation sites excluding steroid dienone is 2. The average Bonchev–Trinajstić information content (AvgIpc) is 3.21. The van der Waals surface area contributed by atoms with Crippen LogP contribution in [0.25, 0.3) is 0 Å². The molecule has 0 aliphatic carbocycles. The van der Waals surface area contributed by atoms with Crippen molar-refractivity contribution in [1.29, 1.82) is 0 Å². The van der Waals surface area contributed by atoms with Gasteiger partial charge in [0.2, 0.25) is 0 Å². The average molecular weight is 818 g/mol. The van der Waals surface area contributed by atoms with Crippen LogP contribution >= 0.6 is 46.9 Å². The normalized spacial score (nSPS) is 19.3. The number of hydrogen-bond donors (Lipinski definition) is 0. The smallest absolute Gasteiger partial charge is 0.0885 e. The predicted molar refractivity (Wildman–Crippen MR) is 245 cm³/mol. The minimum absolute atomic E-state index is 0.0141. The van der Waals surface area contributed by atoms with Crippen LogP contribution in [0.1, 0.15) is 43.9 Å². The number of halogens is 1. The Hall–Kier alpha value is -2.34. The molecule has 0 N–H and O–H groups in total. The fourth-order valence-corrected chi connectivity index (χ4v) is 10.5. The zero-order valence-corrected chi connectivity index (χ0v) is 36.7. The molecule has 6 nitrogen and oxygen atoms in total. The summed E-state index contributed by atoms with van der Waals surface area (Å²) in [7, 11) is 4.41. The van der Waals surface area contributed by atoms with Gasteiger partial charge in [0.1, 0.15) is 0 Å². The third kappa shape index (κ3) is 10.4. The molecule has 1 atom stereocenters. The van der Waals surface area contributed by atoms with Crippen molar-refractivity contribution in [3.05, 3.63) is 108 Å². The highest BCUT2D eigenvalue weighted by Gasteiger charge is 2.38. The van der Waals surface area contributed by atoms with Crippen molar-refractivity contribution < 1.29 is 0 Å². The molecule has 4 aliphatic rings. The van der Waals surface area contributed by atoms with Gasteiger partial charge in [0.25, 0.3) is 0 Å². The number of para-hydroxylation sites is 1. The van der Waals surface area contributed by atoms with Gasteiger partial charge in [-0.1, -0.05) is 69.1 Å². The van der Waals surface area contributed by atoms with Crippen molar-refractivity contribution in [2.45, 2.75) is 47.4 Å².